The highest BCUT2D eigenvalue weighted by molar-refractivity contribution is 6.00. The lowest BCUT2D eigenvalue weighted by Gasteiger charge is -2.13. The summed E-state index contributed by atoms with van der Waals surface area (Å²) < 4.78 is 10.3. The van der Waals surface area contributed by atoms with E-state index in [1.54, 1.807) is 54.6 Å². The molecule has 0 N–H and O–H groups in total. The van der Waals surface area contributed by atoms with Crippen molar-refractivity contribution in [2.24, 2.45) is 0 Å². The molecule has 0 aliphatic rings. The van der Waals surface area contributed by atoms with Crippen molar-refractivity contribution in [2.75, 3.05) is 6.61 Å². The number of hydrogen-bond donors (Lipinski definition) is 0. The van der Waals surface area contributed by atoms with Crippen LogP contribution in [0.1, 0.15) is 22.8 Å². The fraction of sp³-hybridized carbons (Fsp3) is 0.167. The molecule has 116 valence electrons. The zero-order valence-electron chi connectivity index (χ0n) is 12.6. The predicted octanol–water partition coefficient (Wildman–Crippen LogP) is 2.75. The summed E-state index contributed by atoms with van der Waals surface area (Å²) in [5, 5.41) is 8.94. The molecule has 2 aromatic rings. The predicted molar refractivity (Wildman–Crippen MR) is 83.0 cm³/mol. The van der Waals surface area contributed by atoms with Gasteiger partial charge in [-0.3, -0.25) is 4.79 Å². The van der Waals surface area contributed by atoms with Gasteiger partial charge in [0.2, 0.25) is 5.78 Å². The Hall–Kier alpha value is -3.13. The average Bonchev–Trinajstić information content (AvgIpc) is 2.60. The molecular weight excluding hydrogens is 294 g/mol. The molecule has 5 nitrogen and oxygen atoms in total. The van der Waals surface area contributed by atoms with E-state index < -0.39 is 12.1 Å². The number of carbonyl (C=O) groups excluding carboxylic acids is 2. The monoisotopic (exact) mass is 309 g/mol. The summed E-state index contributed by atoms with van der Waals surface area (Å²) in [4.78, 5) is 23.9. The molecule has 0 fully saturated rings. The van der Waals surface area contributed by atoms with Crippen molar-refractivity contribution in [3.63, 3.8) is 0 Å². The second-order valence-electron chi connectivity index (χ2n) is 4.76. The average molecular weight is 309 g/mol. The minimum absolute atomic E-state index is 0.281. The first-order valence-corrected chi connectivity index (χ1v) is 7.02. The molecule has 0 aromatic heterocycles. The van der Waals surface area contributed by atoms with Crippen LogP contribution in [0.25, 0.3) is 0 Å². The van der Waals surface area contributed by atoms with Crippen molar-refractivity contribution in [1.29, 1.82) is 5.26 Å². The maximum absolute atomic E-state index is 12.1. The van der Waals surface area contributed by atoms with Gasteiger partial charge in [-0.05, 0) is 19.1 Å². The summed E-state index contributed by atoms with van der Waals surface area (Å²) in [6, 6.07) is 17.1. The maximum atomic E-state index is 12.1. The van der Waals surface area contributed by atoms with Crippen LogP contribution >= 0.6 is 0 Å². The summed E-state index contributed by atoms with van der Waals surface area (Å²) in [5.41, 5.74) is 0.803. The number of para-hydroxylation sites is 1. The number of ketones is 1. The van der Waals surface area contributed by atoms with Crippen LogP contribution in [-0.4, -0.2) is 24.5 Å². The molecule has 23 heavy (non-hydrogen) atoms. The molecule has 0 aliphatic carbocycles. The molecule has 0 saturated heterocycles. The number of hydrogen-bond acceptors (Lipinski definition) is 5. The van der Waals surface area contributed by atoms with E-state index >= 15 is 0 Å². The lowest BCUT2D eigenvalue weighted by atomic mass is 10.1. The molecule has 0 spiro atoms. The van der Waals surface area contributed by atoms with Gasteiger partial charge in [0.05, 0.1) is 5.56 Å². The van der Waals surface area contributed by atoms with Crippen LogP contribution < -0.4 is 4.74 Å². The van der Waals surface area contributed by atoms with E-state index in [9.17, 15) is 9.59 Å². The van der Waals surface area contributed by atoms with Gasteiger partial charge < -0.3 is 9.47 Å². The first-order valence-electron chi connectivity index (χ1n) is 7.02. The minimum Gasteiger partial charge on any atom is -0.481 e. The van der Waals surface area contributed by atoms with E-state index in [4.69, 9.17) is 14.7 Å². The largest absolute Gasteiger partial charge is 0.481 e. The Morgan fingerprint density at radius 2 is 1.74 bits per heavy atom. The van der Waals surface area contributed by atoms with E-state index in [1.807, 2.05) is 6.07 Å². The van der Waals surface area contributed by atoms with E-state index in [0.717, 1.165) is 0 Å². The highest BCUT2D eigenvalue weighted by atomic mass is 16.6. The Morgan fingerprint density at radius 3 is 2.43 bits per heavy atom. The summed E-state index contributed by atoms with van der Waals surface area (Å²) in [6.07, 6.45) is -0.903. The second-order valence-corrected chi connectivity index (χ2v) is 4.76. The van der Waals surface area contributed by atoms with Crippen LogP contribution in [0.3, 0.4) is 0 Å². The third-order valence-corrected chi connectivity index (χ3v) is 3.09. The van der Waals surface area contributed by atoms with E-state index in [-0.39, 0.29) is 12.4 Å². The van der Waals surface area contributed by atoms with Gasteiger partial charge >= 0.3 is 5.97 Å². The molecule has 0 aliphatic heterocycles. The zero-order chi connectivity index (χ0) is 16.7. The molecule has 2 rings (SSSR count). The van der Waals surface area contributed by atoms with Gasteiger partial charge in [-0.1, -0.05) is 42.5 Å². The maximum Gasteiger partial charge on any atom is 0.344 e. The molecule has 0 heterocycles. The summed E-state index contributed by atoms with van der Waals surface area (Å²) in [5.74, 6) is -0.653. The standard InChI is InChI=1S/C18H15NO4/c1-13(18(21)14-7-3-2-4-8-14)23-17(20)12-22-16-10-6-5-9-15(16)11-19/h2-10,13H,12H2,1H3. The smallest absolute Gasteiger partial charge is 0.344 e. The van der Waals surface area contributed by atoms with Crippen molar-refractivity contribution in [3.8, 4) is 11.8 Å². The van der Waals surface area contributed by atoms with Gasteiger partial charge in [-0.2, -0.15) is 5.26 Å². The van der Waals surface area contributed by atoms with Gasteiger partial charge in [0.1, 0.15) is 11.8 Å². The van der Waals surface area contributed by atoms with Gasteiger partial charge in [0.25, 0.3) is 0 Å². The molecule has 2 aromatic carbocycles. The molecule has 0 saturated carbocycles. The van der Waals surface area contributed by atoms with Gasteiger partial charge in [0, 0.05) is 5.56 Å². The Balaban J connectivity index is 1.90. The van der Waals surface area contributed by atoms with Crippen LogP contribution in [0, 0.1) is 11.3 Å². The normalized spacial score (nSPS) is 11.1. The Labute approximate surface area is 134 Å². The number of nitriles is 1. The fourth-order valence-corrected chi connectivity index (χ4v) is 1.94. The Bertz CT molecular complexity index is 734. The molecule has 5 heteroatoms. The molecular formula is C18H15NO4. The SMILES string of the molecule is CC(OC(=O)COc1ccccc1C#N)C(=O)c1ccccc1. The first kappa shape index (κ1) is 16.2. The van der Waals surface area contributed by atoms with E-state index in [2.05, 4.69) is 0 Å². The van der Waals surface area contributed by atoms with Crippen molar-refractivity contribution in [2.45, 2.75) is 13.0 Å². The summed E-state index contributed by atoms with van der Waals surface area (Å²) in [7, 11) is 0. The van der Waals surface area contributed by atoms with Gasteiger partial charge in [0.15, 0.2) is 12.7 Å². The first-order chi connectivity index (χ1) is 11.1. The van der Waals surface area contributed by atoms with E-state index in [1.165, 1.54) is 6.92 Å². The number of ether oxygens (including phenoxy) is 2. The van der Waals surface area contributed by atoms with Crippen LogP contribution in [0.5, 0.6) is 5.75 Å². The quantitative estimate of drug-likeness (QED) is 0.606. The van der Waals surface area contributed by atoms with Crippen LogP contribution in [0.15, 0.2) is 54.6 Å². The molecule has 0 amide bonds. The fourth-order valence-electron chi connectivity index (χ4n) is 1.94. The second kappa shape index (κ2) is 7.76. The number of esters is 1. The molecule has 0 radical (unpaired) electrons. The lowest BCUT2D eigenvalue weighted by Crippen LogP contribution is -2.27. The van der Waals surface area contributed by atoms with Crippen LogP contribution in [-0.2, 0) is 9.53 Å². The van der Waals surface area contributed by atoms with Crippen molar-refractivity contribution >= 4 is 11.8 Å². The summed E-state index contributed by atoms with van der Waals surface area (Å²) in [6.45, 7) is 1.14. The molecule has 1 atom stereocenters. The number of rotatable bonds is 6. The third-order valence-electron chi connectivity index (χ3n) is 3.09. The van der Waals surface area contributed by atoms with Crippen molar-refractivity contribution in [3.05, 3.63) is 65.7 Å². The van der Waals surface area contributed by atoms with E-state index in [0.29, 0.717) is 16.9 Å². The number of carbonyl (C=O) groups is 2. The minimum atomic E-state index is -0.903. The molecule has 1 unspecified atom stereocenters. The Kier molecular flexibility index (Phi) is 5.48. The zero-order valence-corrected chi connectivity index (χ0v) is 12.6. The third kappa shape index (κ3) is 4.42. The lowest BCUT2D eigenvalue weighted by molar-refractivity contribution is -0.148. The Morgan fingerprint density at radius 1 is 1.09 bits per heavy atom. The topological polar surface area (TPSA) is 76.4 Å². The molecule has 0 bridgehead atoms. The highest BCUT2D eigenvalue weighted by Crippen LogP contribution is 2.16. The highest BCUT2D eigenvalue weighted by Gasteiger charge is 2.19. The number of nitrogens with zero attached hydrogens (tertiary/aromatic N) is 1. The van der Waals surface area contributed by atoms with Crippen LogP contribution in [0.4, 0.5) is 0 Å². The number of benzene rings is 2. The van der Waals surface area contributed by atoms with Gasteiger partial charge in [-0.25, -0.2) is 4.79 Å². The van der Waals surface area contributed by atoms with Crippen molar-refractivity contribution in [1.82, 2.24) is 0 Å². The van der Waals surface area contributed by atoms with Crippen LogP contribution in [0.2, 0.25) is 0 Å². The van der Waals surface area contributed by atoms with Crippen molar-refractivity contribution < 1.29 is 19.1 Å². The number of Topliss-reactive ketones (excluding diaryl/α,β-unsaturated/α-hetero) is 1. The summed E-state index contributed by atoms with van der Waals surface area (Å²) >= 11 is 0. The van der Waals surface area contributed by atoms with Gasteiger partial charge in [-0.15, -0.1) is 0 Å².